The van der Waals surface area contributed by atoms with Crippen molar-refractivity contribution >= 4 is 5.84 Å². The molecule has 0 saturated heterocycles. The molecule has 1 rings (SSSR count). The third-order valence-electron chi connectivity index (χ3n) is 1.99. The molecule has 1 aliphatic rings. The molecule has 0 atom stereocenters. The first-order chi connectivity index (χ1) is 5.74. The van der Waals surface area contributed by atoms with Gasteiger partial charge >= 0.3 is 0 Å². The second kappa shape index (κ2) is 4.10. The molecule has 0 aromatic rings. The minimum absolute atomic E-state index is 0.929. The summed E-state index contributed by atoms with van der Waals surface area (Å²) in [5, 5.41) is 3.23. The Morgan fingerprint density at radius 1 is 1.67 bits per heavy atom. The van der Waals surface area contributed by atoms with Crippen molar-refractivity contribution < 1.29 is 0 Å². The SMILES string of the molecule is C=C1CCCN=C1N/C(C)=C\C. The molecule has 0 saturated carbocycles. The van der Waals surface area contributed by atoms with Gasteiger partial charge in [0, 0.05) is 12.2 Å². The largest absolute Gasteiger partial charge is 0.345 e. The molecular formula is C10H16N2. The quantitative estimate of drug-likeness (QED) is 0.631. The minimum Gasteiger partial charge on any atom is -0.345 e. The van der Waals surface area contributed by atoms with Gasteiger partial charge in [0.15, 0.2) is 0 Å². The van der Waals surface area contributed by atoms with E-state index in [0.717, 1.165) is 36.5 Å². The first-order valence-electron chi connectivity index (χ1n) is 4.36. The number of aliphatic imine (C=N–C) groups is 1. The molecule has 0 spiro atoms. The number of nitrogens with one attached hydrogen (secondary N) is 1. The van der Waals surface area contributed by atoms with Crippen LogP contribution in [0.5, 0.6) is 0 Å². The van der Waals surface area contributed by atoms with Crippen LogP contribution < -0.4 is 5.32 Å². The van der Waals surface area contributed by atoms with Crippen LogP contribution in [0.4, 0.5) is 0 Å². The van der Waals surface area contributed by atoms with Gasteiger partial charge in [-0.1, -0.05) is 12.7 Å². The van der Waals surface area contributed by atoms with Gasteiger partial charge in [0.25, 0.3) is 0 Å². The lowest BCUT2D eigenvalue weighted by Crippen LogP contribution is -2.25. The summed E-state index contributed by atoms with van der Waals surface area (Å²) >= 11 is 0. The number of amidine groups is 1. The molecule has 0 amide bonds. The average Bonchev–Trinajstić information content (AvgIpc) is 2.09. The van der Waals surface area contributed by atoms with E-state index in [0.29, 0.717) is 0 Å². The highest BCUT2D eigenvalue weighted by Gasteiger charge is 2.08. The third kappa shape index (κ3) is 2.22. The van der Waals surface area contributed by atoms with Crippen molar-refractivity contribution in [1.29, 1.82) is 0 Å². The number of nitrogens with zero attached hydrogens (tertiary/aromatic N) is 1. The second-order valence-corrected chi connectivity index (χ2v) is 3.03. The Hall–Kier alpha value is -1.05. The van der Waals surface area contributed by atoms with E-state index in [1.807, 2.05) is 19.9 Å². The average molecular weight is 164 g/mol. The smallest absolute Gasteiger partial charge is 0.127 e. The Balaban J connectivity index is 2.61. The fourth-order valence-corrected chi connectivity index (χ4v) is 1.10. The van der Waals surface area contributed by atoms with Crippen LogP contribution in [0.15, 0.2) is 28.9 Å². The maximum absolute atomic E-state index is 4.36. The van der Waals surface area contributed by atoms with Crippen molar-refractivity contribution in [3.05, 3.63) is 23.9 Å². The zero-order valence-electron chi connectivity index (χ0n) is 7.85. The van der Waals surface area contributed by atoms with Crippen LogP contribution in [-0.2, 0) is 0 Å². The molecule has 0 aromatic heterocycles. The molecule has 0 aromatic carbocycles. The number of hydrogen-bond donors (Lipinski definition) is 1. The minimum atomic E-state index is 0.929. The van der Waals surface area contributed by atoms with Gasteiger partial charge in [-0.2, -0.15) is 0 Å². The van der Waals surface area contributed by atoms with Crippen LogP contribution in [0, 0.1) is 0 Å². The first-order valence-corrected chi connectivity index (χ1v) is 4.36. The van der Waals surface area contributed by atoms with E-state index < -0.39 is 0 Å². The maximum atomic E-state index is 4.36. The molecule has 66 valence electrons. The van der Waals surface area contributed by atoms with Gasteiger partial charge in [-0.25, -0.2) is 0 Å². The normalized spacial score (nSPS) is 19.0. The second-order valence-electron chi connectivity index (χ2n) is 3.03. The molecule has 2 nitrogen and oxygen atoms in total. The van der Waals surface area contributed by atoms with Crippen molar-refractivity contribution in [2.24, 2.45) is 4.99 Å². The Morgan fingerprint density at radius 2 is 2.42 bits per heavy atom. The topological polar surface area (TPSA) is 24.4 Å². The first kappa shape index (κ1) is 9.04. The Kier molecular flexibility index (Phi) is 3.09. The van der Waals surface area contributed by atoms with E-state index in [9.17, 15) is 0 Å². The fourth-order valence-electron chi connectivity index (χ4n) is 1.10. The van der Waals surface area contributed by atoms with E-state index in [-0.39, 0.29) is 0 Å². The molecule has 2 heteroatoms. The summed E-state index contributed by atoms with van der Waals surface area (Å²) in [6, 6.07) is 0. The number of hydrogen-bond acceptors (Lipinski definition) is 2. The van der Waals surface area contributed by atoms with E-state index in [2.05, 4.69) is 16.9 Å². The standard InChI is InChI=1S/C10H16N2/c1-4-9(3)12-10-8(2)6-5-7-11-10/h4H,2,5-7H2,1,3H3,(H,11,12)/b9-4-. The van der Waals surface area contributed by atoms with E-state index >= 15 is 0 Å². The lowest BCUT2D eigenvalue weighted by Gasteiger charge is -2.16. The van der Waals surface area contributed by atoms with E-state index in [1.165, 1.54) is 0 Å². The van der Waals surface area contributed by atoms with Crippen molar-refractivity contribution in [3.63, 3.8) is 0 Å². The molecule has 0 unspecified atom stereocenters. The van der Waals surface area contributed by atoms with E-state index in [1.54, 1.807) is 0 Å². The maximum Gasteiger partial charge on any atom is 0.127 e. The highest BCUT2D eigenvalue weighted by Crippen LogP contribution is 2.10. The fraction of sp³-hybridized carbons (Fsp3) is 0.500. The Morgan fingerprint density at radius 3 is 3.00 bits per heavy atom. The molecule has 1 aliphatic heterocycles. The zero-order valence-corrected chi connectivity index (χ0v) is 7.85. The summed E-state index contributed by atoms with van der Waals surface area (Å²) in [5.41, 5.74) is 2.26. The van der Waals surface area contributed by atoms with Crippen molar-refractivity contribution in [1.82, 2.24) is 5.32 Å². The molecule has 0 radical (unpaired) electrons. The van der Waals surface area contributed by atoms with Gasteiger partial charge in [0.1, 0.15) is 5.84 Å². The number of rotatable bonds is 1. The van der Waals surface area contributed by atoms with Crippen LogP contribution in [0.1, 0.15) is 26.7 Å². The summed E-state index contributed by atoms with van der Waals surface area (Å²) in [7, 11) is 0. The van der Waals surface area contributed by atoms with Crippen LogP contribution in [0.2, 0.25) is 0 Å². The molecule has 0 fully saturated rings. The molecule has 0 aliphatic carbocycles. The summed E-state index contributed by atoms with van der Waals surface area (Å²) in [6.07, 6.45) is 4.24. The molecule has 1 N–H and O–H groups in total. The zero-order chi connectivity index (χ0) is 8.97. The molecular weight excluding hydrogens is 148 g/mol. The lowest BCUT2D eigenvalue weighted by molar-refractivity contribution is 0.801. The predicted molar refractivity (Wildman–Crippen MR) is 53.2 cm³/mol. The van der Waals surface area contributed by atoms with E-state index in [4.69, 9.17) is 0 Å². The molecule has 0 bridgehead atoms. The predicted octanol–water partition coefficient (Wildman–Crippen LogP) is 2.25. The van der Waals surface area contributed by atoms with Gasteiger partial charge < -0.3 is 5.32 Å². The van der Waals surface area contributed by atoms with Crippen molar-refractivity contribution in [2.45, 2.75) is 26.7 Å². The van der Waals surface area contributed by atoms with Gasteiger partial charge in [-0.3, -0.25) is 4.99 Å². The Bertz CT molecular complexity index is 236. The van der Waals surface area contributed by atoms with Crippen LogP contribution in [0.3, 0.4) is 0 Å². The lowest BCUT2D eigenvalue weighted by atomic mass is 10.1. The highest BCUT2D eigenvalue weighted by atomic mass is 15.0. The third-order valence-corrected chi connectivity index (χ3v) is 1.99. The van der Waals surface area contributed by atoms with Gasteiger partial charge in [-0.05, 0) is 32.3 Å². The van der Waals surface area contributed by atoms with Crippen LogP contribution >= 0.6 is 0 Å². The van der Waals surface area contributed by atoms with Crippen molar-refractivity contribution in [3.8, 4) is 0 Å². The Labute approximate surface area is 74.1 Å². The van der Waals surface area contributed by atoms with Crippen LogP contribution in [-0.4, -0.2) is 12.4 Å². The molecule has 12 heavy (non-hydrogen) atoms. The monoisotopic (exact) mass is 164 g/mol. The highest BCUT2D eigenvalue weighted by molar-refractivity contribution is 5.99. The van der Waals surface area contributed by atoms with Gasteiger partial charge in [0.2, 0.25) is 0 Å². The molecule has 1 heterocycles. The summed E-state index contributed by atoms with van der Waals surface area (Å²) in [6.45, 7) is 8.93. The summed E-state index contributed by atoms with van der Waals surface area (Å²) < 4.78 is 0. The van der Waals surface area contributed by atoms with Crippen molar-refractivity contribution in [2.75, 3.05) is 6.54 Å². The summed E-state index contributed by atoms with van der Waals surface area (Å²) in [5.74, 6) is 0.969. The van der Waals surface area contributed by atoms with Gasteiger partial charge in [0.05, 0.1) is 0 Å². The summed E-state index contributed by atoms with van der Waals surface area (Å²) in [4.78, 5) is 4.36. The number of allylic oxidation sites excluding steroid dienone is 2. The van der Waals surface area contributed by atoms with Crippen LogP contribution in [0.25, 0.3) is 0 Å². The van der Waals surface area contributed by atoms with Gasteiger partial charge in [-0.15, -0.1) is 0 Å².